The summed E-state index contributed by atoms with van der Waals surface area (Å²) in [5.41, 5.74) is 0. The van der Waals surface area contributed by atoms with Crippen LogP contribution in [0.15, 0.2) is 0 Å². The summed E-state index contributed by atoms with van der Waals surface area (Å²) in [6, 6.07) is 0. The third-order valence-corrected chi connectivity index (χ3v) is 0. The van der Waals surface area contributed by atoms with E-state index in [0.29, 0.717) is 0 Å². The van der Waals surface area contributed by atoms with Crippen molar-refractivity contribution in [3.63, 3.8) is 0 Å². The third kappa shape index (κ3) is 2150000. The van der Waals surface area contributed by atoms with Crippen LogP contribution in [0.5, 0.6) is 0 Å². The molecule has 0 aromatic heterocycles. The SMILES string of the molecule is N.N.N.N.O[Si](O)(O)O.O[Si](O)(O)O.O[Si](O)(O)O.O[Si](O)(O)O. The Labute approximate surface area is 138 Å². The minimum absolute atomic E-state index is 0. The first-order valence-electron chi connectivity index (χ1n) is 3.58. The molecule has 0 aromatic rings. The molecule has 0 aromatic carbocycles. The molecule has 0 unspecified atom stereocenters. The second kappa shape index (κ2) is 19.4. The summed E-state index contributed by atoms with van der Waals surface area (Å²) in [4.78, 5) is 117. The maximum atomic E-state index is 7.33. The average molecular weight is 453 g/mol. The number of rotatable bonds is 0. The van der Waals surface area contributed by atoms with Crippen LogP contribution in [0, 0.1) is 0 Å². The van der Waals surface area contributed by atoms with Gasteiger partial charge >= 0.3 is 36.2 Å². The molecule has 0 bridgehead atoms. The predicted octanol–water partition coefficient (Wildman–Crippen LogP) is -9.79. The molecule has 160 valence electrons. The molecule has 0 aliphatic rings. The van der Waals surface area contributed by atoms with Crippen molar-refractivity contribution >= 4 is 36.2 Å². The molecule has 0 atom stereocenters. The second-order valence-electron chi connectivity index (χ2n) is 2.40. The zero-order valence-electron chi connectivity index (χ0n) is 12.0. The lowest BCUT2D eigenvalue weighted by atomic mass is 14.0. The molecule has 0 amide bonds. The lowest BCUT2D eigenvalue weighted by molar-refractivity contribution is 0.115. The van der Waals surface area contributed by atoms with Crippen LogP contribution in [0.2, 0.25) is 0 Å². The smallest absolute Gasteiger partial charge is 0.368 e. The van der Waals surface area contributed by atoms with Gasteiger partial charge in [-0.3, -0.25) is 0 Å². The van der Waals surface area contributed by atoms with Crippen LogP contribution in [0.3, 0.4) is 0 Å². The first-order chi connectivity index (χ1) is 8.00. The van der Waals surface area contributed by atoms with Gasteiger partial charge in [-0.2, -0.15) is 0 Å². The van der Waals surface area contributed by atoms with E-state index < -0.39 is 36.2 Å². The summed E-state index contributed by atoms with van der Waals surface area (Å²) in [7, 11) is -18.4. The Bertz CT molecular complexity index is 140. The molecule has 0 aliphatic carbocycles. The van der Waals surface area contributed by atoms with Crippen LogP contribution in [-0.2, 0) is 0 Å². The summed E-state index contributed by atoms with van der Waals surface area (Å²) < 4.78 is 0. The van der Waals surface area contributed by atoms with E-state index in [2.05, 4.69) is 0 Å². The Hall–Kier alpha value is 0.0675. The summed E-state index contributed by atoms with van der Waals surface area (Å²) in [5.74, 6) is 0. The molecule has 0 heterocycles. The van der Waals surface area contributed by atoms with Gasteiger partial charge in [0.25, 0.3) is 0 Å². The first kappa shape index (κ1) is 49.6. The number of hydrogen-bond donors (Lipinski definition) is 20. The summed E-state index contributed by atoms with van der Waals surface area (Å²) in [6.07, 6.45) is 0. The third-order valence-electron chi connectivity index (χ3n) is 0. The lowest BCUT2D eigenvalue weighted by Gasteiger charge is -1.91. The molecule has 0 aliphatic heterocycles. The molecule has 0 fully saturated rings. The van der Waals surface area contributed by atoms with E-state index >= 15 is 0 Å². The standard InChI is InChI=1S/4H3N.4H4O4Si/c;;;;4*1-5(2,3)4/h4*1H3;4*1-4H. The van der Waals surface area contributed by atoms with Gasteiger partial charge in [0.1, 0.15) is 0 Å². The Morgan fingerprint density at radius 2 is 0.208 bits per heavy atom. The fraction of sp³-hybridized carbons (Fsp3) is 0. The summed E-state index contributed by atoms with van der Waals surface area (Å²) in [5, 5.41) is 0. The van der Waals surface area contributed by atoms with Gasteiger partial charge in [-0.25, -0.2) is 0 Å². The number of hydrogen-bond acceptors (Lipinski definition) is 20. The molecular weight excluding hydrogens is 424 g/mol. The van der Waals surface area contributed by atoms with Crippen LogP contribution in [0.4, 0.5) is 0 Å². The van der Waals surface area contributed by atoms with E-state index in [0.717, 1.165) is 0 Å². The first-order valence-corrected chi connectivity index (χ1v) is 10.7. The minimum atomic E-state index is -4.61. The molecule has 0 saturated carbocycles. The van der Waals surface area contributed by atoms with E-state index in [-0.39, 0.29) is 24.6 Å². The largest absolute Gasteiger partial charge is 0.668 e. The van der Waals surface area contributed by atoms with Gasteiger partial charge in [0.2, 0.25) is 0 Å². The van der Waals surface area contributed by atoms with Crippen LogP contribution in [-0.4, -0.2) is 113 Å². The van der Waals surface area contributed by atoms with Gasteiger partial charge in [-0.1, -0.05) is 0 Å². The van der Waals surface area contributed by atoms with Gasteiger partial charge in [0.05, 0.1) is 0 Å². The highest BCUT2D eigenvalue weighted by molar-refractivity contribution is 6.47. The normalized spacial score (nSPS) is 10.0. The monoisotopic (exact) mass is 452 g/mol. The van der Waals surface area contributed by atoms with Crippen LogP contribution >= 0.6 is 0 Å². The highest BCUT2D eigenvalue weighted by Gasteiger charge is 2.23. The van der Waals surface area contributed by atoms with Gasteiger partial charge in [-0.15, -0.1) is 0 Å². The van der Waals surface area contributed by atoms with Crippen LogP contribution in [0.1, 0.15) is 0 Å². The Morgan fingerprint density at radius 1 is 0.208 bits per heavy atom. The average Bonchev–Trinajstić information content (AvgIpc) is 1.62. The highest BCUT2D eigenvalue weighted by atomic mass is 28.4. The molecule has 0 saturated heterocycles. The van der Waals surface area contributed by atoms with Crippen molar-refractivity contribution in [1.29, 1.82) is 0 Å². The topological polar surface area (TPSA) is 464 Å². The summed E-state index contributed by atoms with van der Waals surface area (Å²) in [6.45, 7) is 0. The molecular formula is H28N4O16Si4. The van der Waals surface area contributed by atoms with Crippen LogP contribution < -0.4 is 24.6 Å². The minimum Gasteiger partial charge on any atom is -0.368 e. The Kier molecular flexibility index (Phi) is 40.1. The second-order valence-corrected chi connectivity index (χ2v) is 7.20. The van der Waals surface area contributed by atoms with Crippen molar-refractivity contribution < 1.29 is 76.7 Å². The van der Waals surface area contributed by atoms with Crippen molar-refractivity contribution in [3.8, 4) is 0 Å². The molecule has 0 spiro atoms. The van der Waals surface area contributed by atoms with E-state index in [1.807, 2.05) is 0 Å². The zero-order valence-corrected chi connectivity index (χ0v) is 16.0. The Morgan fingerprint density at radius 3 is 0.208 bits per heavy atom. The summed E-state index contributed by atoms with van der Waals surface area (Å²) >= 11 is 0. The maximum Gasteiger partial charge on any atom is 0.668 e. The quantitative estimate of drug-likeness (QED) is 0.151. The van der Waals surface area contributed by atoms with Gasteiger partial charge < -0.3 is 101 Å². The van der Waals surface area contributed by atoms with Gasteiger partial charge in [0, 0.05) is 0 Å². The highest BCUT2D eigenvalue weighted by Crippen LogP contribution is 1.68. The van der Waals surface area contributed by atoms with Gasteiger partial charge in [0.15, 0.2) is 0 Å². The zero-order chi connectivity index (χ0) is 18.0. The fourth-order valence-corrected chi connectivity index (χ4v) is 0. The predicted molar refractivity (Wildman–Crippen MR) is 78.6 cm³/mol. The van der Waals surface area contributed by atoms with Crippen molar-refractivity contribution in [2.45, 2.75) is 0 Å². The lowest BCUT2D eigenvalue weighted by Crippen LogP contribution is -2.33. The van der Waals surface area contributed by atoms with Crippen molar-refractivity contribution in [2.75, 3.05) is 0 Å². The van der Waals surface area contributed by atoms with E-state index in [4.69, 9.17) is 76.7 Å². The van der Waals surface area contributed by atoms with E-state index in [9.17, 15) is 0 Å². The fourth-order valence-electron chi connectivity index (χ4n) is 0. The molecule has 24 heteroatoms. The Balaban J connectivity index is -0.0000000225. The molecule has 24 heavy (non-hydrogen) atoms. The van der Waals surface area contributed by atoms with Gasteiger partial charge in [-0.05, 0) is 0 Å². The van der Waals surface area contributed by atoms with E-state index in [1.54, 1.807) is 0 Å². The molecule has 20 nitrogen and oxygen atoms in total. The van der Waals surface area contributed by atoms with Crippen molar-refractivity contribution in [1.82, 2.24) is 24.6 Å². The van der Waals surface area contributed by atoms with E-state index in [1.165, 1.54) is 0 Å². The van der Waals surface area contributed by atoms with Crippen LogP contribution in [0.25, 0.3) is 0 Å². The van der Waals surface area contributed by atoms with Crippen molar-refractivity contribution in [2.24, 2.45) is 0 Å². The molecule has 0 rings (SSSR count). The molecule has 28 N–H and O–H groups in total. The maximum absolute atomic E-state index is 7.33. The van der Waals surface area contributed by atoms with Crippen molar-refractivity contribution in [3.05, 3.63) is 0 Å². The molecule has 0 radical (unpaired) electrons.